The van der Waals surface area contributed by atoms with Gasteiger partial charge in [-0.25, -0.2) is 13.8 Å². The Hall–Kier alpha value is -3.68. The summed E-state index contributed by atoms with van der Waals surface area (Å²) in [6, 6.07) is 8.37. The van der Waals surface area contributed by atoms with Gasteiger partial charge in [-0.05, 0) is 49.2 Å². The summed E-state index contributed by atoms with van der Waals surface area (Å²) < 4.78 is 28.4. The van der Waals surface area contributed by atoms with E-state index in [0.717, 1.165) is 24.1 Å². The molecule has 1 aromatic heterocycles. The van der Waals surface area contributed by atoms with Crippen LogP contribution in [0.2, 0.25) is 0 Å². The van der Waals surface area contributed by atoms with Crippen LogP contribution >= 0.6 is 0 Å². The molecule has 1 N–H and O–H groups in total. The zero-order valence-corrected chi connectivity index (χ0v) is 17.4. The van der Waals surface area contributed by atoms with Crippen LogP contribution in [0, 0.1) is 18.6 Å². The molecule has 0 saturated carbocycles. The summed E-state index contributed by atoms with van der Waals surface area (Å²) in [6.07, 6.45) is 4.59. The van der Waals surface area contributed by atoms with Crippen molar-refractivity contribution in [1.82, 2.24) is 9.55 Å². The number of rotatable bonds is 6. The first-order valence-corrected chi connectivity index (χ1v) is 9.74. The zero-order valence-electron chi connectivity index (χ0n) is 17.4. The van der Waals surface area contributed by atoms with Gasteiger partial charge in [0.1, 0.15) is 5.82 Å². The maximum Gasteiger partial charge on any atom is 0.266 e. The smallest absolute Gasteiger partial charge is 0.266 e. The minimum absolute atomic E-state index is 0.0188. The molecule has 0 bridgehead atoms. The zero-order chi connectivity index (χ0) is 22.5. The number of anilines is 1. The van der Waals surface area contributed by atoms with Gasteiger partial charge in [-0.1, -0.05) is 13.0 Å². The van der Waals surface area contributed by atoms with Gasteiger partial charge in [0.15, 0.2) is 11.6 Å². The van der Waals surface area contributed by atoms with E-state index >= 15 is 0 Å². The van der Waals surface area contributed by atoms with Crippen LogP contribution in [0.3, 0.4) is 0 Å². The van der Waals surface area contributed by atoms with E-state index in [2.05, 4.69) is 15.3 Å². The molecule has 6 nitrogen and oxygen atoms in total. The Morgan fingerprint density at radius 3 is 2.52 bits per heavy atom. The van der Waals surface area contributed by atoms with Crippen molar-refractivity contribution in [2.24, 2.45) is 4.99 Å². The summed E-state index contributed by atoms with van der Waals surface area (Å²) >= 11 is 0. The van der Waals surface area contributed by atoms with Crippen molar-refractivity contribution in [2.45, 2.75) is 26.7 Å². The third-order valence-electron chi connectivity index (χ3n) is 4.61. The quantitative estimate of drug-likeness (QED) is 0.598. The molecule has 1 heterocycles. The summed E-state index contributed by atoms with van der Waals surface area (Å²) in [7, 11) is 1.65. The predicted molar refractivity (Wildman–Crippen MR) is 118 cm³/mol. The van der Waals surface area contributed by atoms with Gasteiger partial charge in [-0.15, -0.1) is 0 Å². The number of aryl methyl sites for hydroxylation is 1. The largest absolute Gasteiger partial charge is 0.326 e. The van der Waals surface area contributed by atoms with E-state index in [4.69, 9.17) is 0 Å². The van der Waals surface area contributed by atoms with Gasteiger partial charge >= 0.3 is 0 Å². The molecule has 0 aliphatic rings. The number of amides is 1. The Bertz CT molecular complexity index is 1250. The predicted octanol–water partition coefficient (Wildman–Crippen LogP) is 4.34. The standard InChI is InChI=1S/C23H22F2N4O2/c1-4-5-15(13-26-3)10-22(30)28-16-6-8-17(9-7-16)29-14(2)27-21-12-20(25)19(24)11-18(21)23(29)31/h5-9,11-13H,4,10H2,1-3H3,(H,28,30)/b15-5-,26-13?. The average molecular weight is 424 g/mol. The topological polar surface area (TPSA) is 76.3 Å². The van der Waals surface area contributed by atoms with Gasteiger partial charge in [0.2, 0.25) is 5.91 Å². The fourth-order valence-electron chi connectivity index (χ4n) is 3.28. The highest BCUT2D eigenvalue weighted by Crippen LogP contribution is 2.18. The van der Waals surface area contributed by atoms with E-state index in [9.17, 15) is 18.4 Å². The summed E-state index contributed by atoms with van der Waals surface area (Å²) in [5, 5.41) is 2.79. The Morgan fingerprint density at radius 2 is 1.87 bits per heavy atom. The van der Waals surface area contributed by atoms with Crippen molar-refractivity contribution in [1.29, 1.82) is 0 Å². The summed E-state index contributed by atoms with van der Waals surface area (Å²) in [4.78, 5) is 33.3. The van der Waals surface area contributed by atoms with Crippen LogP contribution < -0.4 is 10.9 Å². The van der Waals surface area contributed by atoms with Crippen molar-refractivity contribution in [3.63, 3.8) is 0 Å². The van der Waals surface area contributed by atoms with Gasteiger partial charge in [0.05, 0.1) is 23.0 Å². The number of nitrogens with zero attached hydrogens (tertiary/aromatic N) is 3. The fraction of sp³-hybridized carbons (Fsp3) is 0.217. The highest BCUT2D eigenvalue weighted by atomic mass is 19.2. The van der Waals surface area contributed by atoms with Crippen LogP contribution in [-0.2, 0) is 4.79 Å². The molecular weight excluding hydrogens is 402 g/mol. The molecule has 8 heteroatoms. The first-order valence-electron chi connectivity index (χ1n) is 9.74. The molecule has 0 aliphatic carbocycles. The lowest BCUT2D eigenvalue weighted by Crippen LogP contribution is -2.22. The molecule has 0 atom stereocenters. The maximum absolute atomic E-state index is 13.6. The minimum atomic E-state index is -1.11. The van der Waals surface area contributed by atoms with E-state index in [0.29, 0.717) is 17.2 Å². The Labute approximate surface area is 178 Å². The van der Waals surface area contributed by atoms with E-state index in [1.807, 2.05) is 13.0 Å². The third kappa shape index (κ3) is 4.91. The van der Waals surface area contributed by atoms with Crippen molar-refractivity contribution < 1.29 is 13.6 Å². The molecule has 0 saturated heterocycles. The van der Waals surface area contributed by atoms with Crippen LogP contribution in [0.25, 0.3) is 16.6 Å². The second-order valence-corrected chi connectivity index (χ2v) is 6.93. The number of aliphatic imine (C=N–C) groups is 1. The van der Waals surface area contributed by atoms with E-state index < -0.39 is 17.2 Å². The van der Waals surface area contributed by atoms with Gasteiger partial charge in [-0.2, -0.15) is 0 Å². The Morgan fingerprint density at radius 1 is 1.19 bits per heavy atom. The molecule has 3 aromatic rings. The fourth-order valence-corrected chi connectivity index (χ4v) is 3.28. The van der Waals surface area contributed by atoms with Crippen LogP contribution in [0.15, 0.2) is 57.8 Å². The van der Waals surface area contributed by atoms with Crippen molar-refractivity contribution in [3.8, 4) is 5.69 Å². The van der Waals surface area contributed by atoms with Crippen LogP contribution in [0.1, 0.15) is 25.6 Å². The molecule has 2 aromatic carbocycles. The molecule has 0 unspecified atom stereocenters. The molecule has 0 aliphatic heterocycles. The number of carbonyl (C=O) groups excluding carboxylic acids is 1. The van der Waals surface area contributed by atoms with Crippen molar-refractivity contribution in [3.05, 3.63) is 75.9 Å². The number of carbonyl (C=O) groups is 1. The third-order valence-corrected chi connectivity index (χ3v) is 4.61. The lowest BCUT2D eigenvalue weighted by atomic mass is 10.1. The first-order chi connectivity index (χ1) is 14.8. The Balaban J connectivity index is 1.87. The number of halogens is 2. The lowest BCUT2D eigenvalue weighted by Gasteiger charge is -2.12. The monoisotopic (exact) mass is 424 g/mol. The molecular formula is C23H22F2N4O2. The SMILES string of the molecule is CC/C=C(\C=NC)CC(=O)Nc1ccc(-n2c(C)nc3cc(F)c(F)cc3c2=O)cc1. The second kappa shape index (κ2) is 9.42. The lowest BCUT2D eigenvalue weighted by molar-refractivity contribution is -0.115. The van der Waals surface area contributed by atoms with E-state index in [-0.39, 0.29) is 23.2 Å². The van der Waals surface area contributed by atoms with Gasteiger partial charge in [0.25, 0.3) is 5.56 Å². The molecule has 1 amide bonds. The number of benzene rings is 2. The van der Waals surface area contributed by atoms with Crippen LogP contribution in [-0.4, -0.2) is 28.7 Å². The highest BCUT2D eigenvalue weighted by Gasteiger charge is 2.14. The second-order valence-electron chi connectivity index (χ2n) is 6.93. The summed E-state index contributed by atoms with van der Waals surface area (Å²) in [5.41, 5.74) is 1.46. The molecule has 160 valence electrons. The average Bonchev–Trinajstić information content (AvgIpc) is 2.71. The number of fused-ring (bicyclic) bond motifs is 1. The maximum atomic E-state index is 13.6. The molecule has 0 fully saturated rings. The Kier molecular flexibility index (Phi) is 6.69. The van der Waals surface area contributed by atoms with Gasteiger partial charge in [0, 0.05) is 25.0 Å². The minimum Gasteiger partial charge on any atom is -0.326 e. The highest BCUT2D eigenvalue weighted by molar-refractivity contribution is 5.97. The van der Waals surface area contributed by atoms with E-state index in [1.165, 1.54) is 4.57 Å². The number of nitrogens with one attached hydrogen (secondary N) is 1. The molecule has 3 rings (SSSR count). The summed E-state index contributed by atoms with van der Waals surface area (Å²) in [5.74, 6) is -2.03. The normalized spacial score (nSPS) is 12.0. The molecule has 0 radical (unpaired) electrons. The first kappa shape index (κ1) is 22.0. The summed E-state index contributed by atoms with van der Waals surface area (Å²) in [6.45, 7) is 3.59. The van der Waals surface area contributed by atoms with E-state index in [1.54, 1.807) is 44.5 Å². The van der Waals surface area contributed by atoms with Gasteiger partial charge in [-0.3, -0.25) is 19.1 Å². The van der Waals surface area contributed by atoms with Crippen LogP contribution in [0.4, 0.5) is 14.5 Å². The number of hydrogen-bond donors (Lipinski definition) is 1. The van der Waals surface area contributed by atoms with Crippen molar-refractivity contribution in [2.75, 3.05) is 12.4 Å². The van der Waals surface area contributed by atoms with Crippen LogP contribution in [0.5, 0.6) is 0 Å². The molecule has 0 spiro atoms. The number of aromatic nitrogens is 2. The van der Waals surface area contributed by atoms with Crippen molar-refractivity contribution >= 4 is 28.7 Å². The number of hydrogen-bond acceptors (Lipinski definition) is 4. The molecule has 31 heavy (non-hydrogen) atoms. The van der Waals surface area contributed by atoms with Gasteiger partial charge < -0.3 is 5.32 Å². The number of allylic oxidation sites excluding steroid dienone is 1.